The molecule has 37 heavy (non-hydrogen) atoms. The van der Waals surface area contributed by atoms with Gasteiger partial charge in [-0.3, -0.25) is 14.4 Å². The number of hydrogen-bond donors (Lipinski definition) is 1. The number of hydrogen-bond acceptors (Lipinski definition) is 7. The number of aliphatic hydroxyl groups is 1. The van der Waals surface area contributed by atoms with Crippen molar-refractivity contribution in [2.75, 3.05) is 33.3 Å². The van der Waals surface area contributed by atoms with Crippen LogP contribution in [-0.4, -0.2) is 102 Å². The summed E-state index contributed by atoms with van der Waals surface area (Å²) < 4.78 is 0.946. The number of para-hydroxylation sites is 1. The van der Waals surface area contributed by atoms with Crippen LogP contribution in [0, 0.1) is 11.8 Å². The van der Waals surface area contributed by atoms with Gasteiger partial charge in [0.05, 0.1) is 28.7 Å². The van der Waals surface area contributed by atoms with Gasteiger partial charge in [-0.05, 0) is 25.0 Å². The SMILES string of the molecule is C=CCN(C)C(=O)[C@@H]1[C@@H]2CCC3(S2)C(C(=O)N(CC=C)Cn2nnc4ccccc42)N(CCO)C(=O)[C@H]13. The number of fused-ring (bicyclic) bond motifs is 2. The minimum Gasteiger partial charge on any atom is -0.395 e. The van der Waals surface area contributed by atoms with E-state index in [1.165, 1.54) is 4.90 Å². The standard InChI is InChI=1S/C26H32N6O4S/c1-4-12-29(3)23(34)20-19-10-11-26(37-19)21(20)24(35)31(14-15-33)22(26)25(36)30(13-5-2)16-32-18-9-7-6-8-17(18)27-28-32/h4-9,19-22,33H,1-2,10-16H2,3H3/t19-,20+,21-,22?,26?/m0/s1. The number of rotatable bonds is 10. The summed E-state index contributed by atoms with van der Waals surface area (Å²) in [6, 6.07) is 6.72. The molecule has 11 heteroatoms. The van der Waals surface area contributed by atoms with Crippen molar-refractivity contribution in [1.82, 2.24) is 29.7 Å². The molecule has 196 valence electrons. The number of amides is 3. The molecule has 4 heterocycles. The maximum atomic E-state index is 14.3. The molecule has 0 radical (unpaired) electrons. The lowest BCUT2D eigenvalue weighted by atomic mass is 9.70. The van der Waals surface area contributed by atoms with Gasteiger partial charge in [0.2, 0.25) is 17.7 Å². The molecule has 1 aromatic carbocycles. The van der Waals surface area contributed by atoms with E-state index in [4.69, 9.17) is 0 Å². The Morgan fingerprint density at radius 3 is 2.73 bits per heavy atom. The summed E-state index contributed by atoms with van der Waals surface area (Å²) in [6.45, 7) is 8.11. The van der Waals surface area contributed by atoms with Crippen molar-refractivity contribution in [1.29, 1.82) is 0 Å². The van der Waals surface area contributed by atoms with E-state index < -0.39 is 22.6 Å². The summed E-state index contributed by atoms with van der Waals surface area (Å²) >= 11 is 1.61. The minimum absolute atomic E-state index is 0.0209. The molecule has 1 spiro atoms. The van der Waals surface area contributed by atoms with E-state index in [9.17, 15) is 19.5 Å². The van der Waals surface area contributed by atoms with Crippen LogP contribution in [0.3, 0.4) is 0 Å². The third-order valence-electron chi connectivity index (χ3n) is 7.83. The number of aliphatic hydroxyl groups excluding tert-OH is 1. The maximum Gasteiger partial charge on any atom is 0.248 e. The average Bonchev–Trinajstić information content (AvgIpc) is 3.63. The fourth-order valence-corrected chi connectivity index (χ4v) is 8.54. The smallest absolute Gasteiger partial charge is 0.248 e. The molecule has 2 aromatic rings. The molecule has 3 aliphatic rings. The first kappa shape index (κ1) is 25.5. The number of carbonyl (C=O) groups is 3. The third-order valence-corrected chi connectivity index (χ3v) is 9.78. The molecule has 0 aliphatic carbocycles. The molecule has 5 atom stereocenters. The fourth-order valence-electron chi connectivity index (χ4n) is 6.33. The first-order valence-corrected chi connectivity index (χ1v) is 13.4. The minimum atomic E-state index is -0.788. The molecule has 5 rings (SSSR count). The summed E-state index contributed by atoms with van der Waals surface area (Å²) in [5.41, 5.74) is 1.52. The van der Waals surface area contributed by atoms with Gasteiger partial charge in [-0.2, -0.15) is 0 Å². The predicted octanol–water partition coefficient (Wildman–Crippen LogP) is 1.13. The van der Waals surface area contributed by atoms with Gasteiger partial charge in [0, 0.05) is 31.9 Å². The quantitative estimate of drug-likeness (QED) is 0.464. The summed E-state index contributed by atoms with van der Waals surface area (Å²) in [5.74, 6) is -1.65. The van der Waals surface area contributed by atoms with E-state index in [0.717, 1.165) is 17.5 Å². The second-order valence-corrected chi connectivity index (χ2v) is 11.5. The number of carbonyl (C=O) groups excluding carboxylic acids is 3. The molecule has 0 saturated carbocycles. The number of benzene rings is 1. The van der Waals surface area contributed by atoms with Crippen molar-refractivity contribution in [2.45, 2.75) is 35.5 Å². The molecular formula is C26H32N6O4S. The number of thioether (sulfide) groups is 1. The Labute approximate surface area is 219 Å². The summed E-state index contributed by atoms with van der Waals surface area (Å²) in [5, 5.41) is 18.2. The van der Waals surface area contributed by atoms with Crippen molar-refractivity contribution < 1.29 is 19.5 Å². The van der Waals surface area contributed by atoms with Crippen molar-refractivity contribution in [3.05, 3.63) is 49.6 Å². The second kappa shape index (κ2) is 9.94. The van der Waals surface area contributed by atoms with Crippen LogP contribution in [0.15, 0.2) is 49.6 Å². The zero-order chi connectivity index (χ0) is 26.3. The van der Waals surface area contributed by atoms with E-state index in [1.807, 2.05) is 24.3 Å². The van der Waals surface area contributed by atoms with Gasteiger partial charge < -0.3 is 19.8 Å². The topological polar surface area (TPSA) is 112 Å². The normalized spacial score (nSPS) is 27.9. The van der Waals surface area contributed by atoms with Gasteiger partial charge in [0.15, 0.2) is 0 Å². The molecule has 2 unspecified atom stereocenters. The van der Waals surface area contributed by atoms with Gasteiger partial charge in [0.25, 0.3) is 0 Å². The zero-order valence-corrected chi connectivity index (χ0v) is 21.7. The Hall–Kier alpha value is -3.18. The van der Waals surface area contributed by atoms with Gasteiger partial charge in [-0.1, -0.05) is 29.5 Å². The molecule has 1 N–H and O–H groups in total. The Morgan fingerprint density at radius 2 is 2.00 bits per heavy atom. The number of nitrogens with zero attached hydrogens (tertiary/aromatic N) is 6. The van der Waals surface area contributed by atoms with Crippen LogP contribution in [0.2, 0.25) is 0 Å². The average molecular weight is 525 g/mol. The highest BCUT2D eigenvalue weighted by Gasteiger charge is 2.73. The van der Waals surface area contributed by atoms with E-state index in [-0.39, 0.29) is 49.3 Å². The van der Waals surface area contributed by atoms with E-state index in [2.05, 4.69) is 23.5 Å². The molecule has 1 aromatic heterocycles. The summed E-state index contributed by atoms with van der Waals surface area (Å²) in [7, 11) is 1.72. The third kappa shape index (κ3) is 3.95. The van der Waals surface area contributed by atoms with E-state index in [0.29, 0.717) is 13.0 Å². The van der Waals surface area contributed by atoms with Crippen LogP contribution < -0.4 is 0 Å². The van der Waals surface area contributed by atoms with Gasteiger partial charge in [-0.25, -0.2) is 4.68 Å². The Bertz CT molecular complexity index is 1250. The molecule has 3 amide bonds. The van der Waals surface area contributed by atoms with Gasteiger partial charge in [-0.15, -0.1) is 30.0 Å². The summed E-state index contributed by atoms with van der Waals surface area (Å²) in [6.07, 6.45) is 4.74. The number of β-amino-alcohol motifs (C(OH)–C–C–N with tert-alkyl or cyclic N) is 1. The van der Waals surface area contributed by atoms with Crippen molar-refractivity contribution in [3.63, 3.8) is 0 Å². The van der Waals surface area contributed by atoms with Crippen LogP contribution in [0.5, 0.6) is 0 Å². The molecule has 3 saturated heterocycles. The zero-order valence-electron chi connectivity index (χ0n) is 20.9. The second-order valence-electron chi connectivity index (χ2n) is 9.89. The molecule has 10 nitrogen and oxygen atoms in total. The molecule has 2 bridgehead atoms. The van der Waals surface area contributed by atoms with Crippen LogP contribution in [0.1, 0.15) is 12.8 Å². The number of likely N-dealkylation sites (tertiary alicyclic amines) is 1. The first-order chi connectivity index (χ1) is 17.9. The largest absolute Gasteiger partial charge is 0.395 e. The predicted molar refractivity (Wildman–Crippen MR) is 140 cm³/mol. The Morgan fingerprint density at radius 1 is 1.24 bits per heavy atom. The van der Waals surface area contributed by atoms with Crippen LogP contribution in [0.25, 0.3) is 11.0 Å². The Balaban J connectivity index is 1.50. The molecule has 3 fully saturated rings. The molecular weight excluding hydrogens is 492 g/mol. The van der Waals surface area contributed by atoms with Crippen molar-refractivity contribution >= 4 is 40.5 Å². The highest BCUT2D eigenvalue weighted by Crippen LogP contribution is 2.66. The van der Waals surface area contributed by atoms with Crippen LogP contribution in [-0.2, 0) is 21.1 Å². The van der Waals surface area contributed by atoms with E-state index >= 15 is 0 Å². The van der Waals surface area contributed by atoms with Crippen molar-refractivity contribution in [2.24, 2.45) is 11.8 Å². The summed E-state index contributed by atoms with van der Waals surface area (Å²) in [4.78, 5) is 46.3. The van der Waals surface area contributed by atoms with E-state index in [1.54, 1.807) is 45.4 Å². The van der Waals surface area contributed by atoms with Gasteiger partial charge >= 0.3 is 0 Å². The van der Waals surface area contributed by atoms with Crippen LogP contribution >= 0.6 is 11.8 Å². The molecule has 3 aliphatic heterocycles. The first-order valence-electron chi connectivity index (χ1n) is 12.5. The lowest BCUT2D eigenvalue weighted by molar-refractivity contribution is -0.145. The van der Waals surface area contributed by atoms with Crippen molar-refractivity contribution in [3.8, 4) is 0 Å². The van der Waals surface area contributed by atoms with Gasteiger partial charge in [0.1, 0.15) is 18.2 Å². The van der Waals surface area contributed by atoms with Crippen LogP contribution in [0.4, 0.5) is 0 Å². The number of likely N-dealkylation sites (N-methyl/N-ethyl adjacent to an activating group) is 1. The lowest BCUT2D eigenvalue weighted by Gasteiger charge is -2.37. The number of aromatic nitrogens is 3. The lowest BCUT2D eigenvalue weighted by Crippen LogP contribution is -2.55. The highest BCUT2D eigenvalue weighted by molar-refractivity contribution is 8.02. The fraction of sp³-hybridized carbons (Fsp3) is 0.500. The monoisotopic (exact) mass is 524 g/mol. The maximum absolute atomic E-state index is 14.3. The highest BCUT2D eigenvalue weighted by atomic mass is 32.2. The Kier molecular flexibility index (Phi) is 6.84.